The molecule has 2 radical (unpaired) electrons. The van der Waals surface area contributed by atoms with Crippen LogP contribution in [0, 0.1) is 0 Å². The van der Waals surface area contributed by atoms with Crippen LogP contribution in [0.2, 0.25) is 0 Å². The molecule has 0 rings (SSSR count). The molecule has 1 unspecified atom stereocenters. The molecule has 6 heteroatoms. The van der Waals surface area contributed by atoms with Crippen molar-refractivity contribution in [2.24, 2.45) is 5.73 Å². The van der Waals surface area contributed by atoms with Crippen LogP contribution in [0.5, 0.6) is 0 Å². The Hall–Kier alpha value is -0.0651. The Kier molecular flexibility index (Phi) is 2.45. The maximum atomic E-state index is 9.91. The second-order valence-corrected chi connectivity index (χ2v) is 2.92. The van der Waals surface area contributed by atoms with E-state index < -0.39 is 15.3 Å². The van der Waals surface area contributed by atoms with Crippen molar-refractivity contribution in [1.29, 1.82) is 0 Å². The fraction of sp³-hybridized carbons (Fsp3) is 1.00. The molecule has 1 atom stereocenters. The highest BCUT2D eigenvalue weighted by Crippen LogP contribution is 1.87. The van der Waals surface area contributed by atoms with Crippen LogP contribution in [0.25, 0.3) is 0 Å². The zero-order chi connectivity index (χ0) is 6.78. The molecule has 4 nitrogen and oxygen atoms in total. The van der Waals surface area contributed by atoms with Crippen LogP contribution in [-0.2, 0) is 10.1 Å². The topological polar surface area (TPSA) is 80.4 Å². The van der Waals surface area contributed by atoms with E-state index in [1.807, 2.05) is 0 Å². The predicted octanol–water partition coefficient (Wildman–Crippen LogP) is -1.67. The first-order valence-corrected chi connectivity index (χ1v) is 3.40. The summed E-state index contributed by atoms with van der Waals surface area (Å²) in [6.45, 7) is -0.265. The second-order valence-electron chi connectivity index (χ2n) is 1.29. The van der Waals surface area contributed by atoms with E-state index in [1.165, 1.54) is 0 Å². The lowest BCUT2D eigenvalue weighted by atomic mass is 10.1. The highest BCUT2D eigenvalue weighted by Gasteiger charge is 2.12. The molecule has 0 aromatic heterocycles. The summed E-state index contributed by atoms with van der Waals surface area (Å²) in [5.74, 6) is 0. The van der Waals surface area contributed by atoms with E-state index in [2.05, 4.69) is 0 Å². The van der Waals surface area contributed by atoms with Gasteiger partial charge < -0.3 is 5.73 Å². The van der Waals surface area contributed by atoms with Crippen LogP contribution in [0.15, 0.2) is 0 Å². The zero-order valence-corrected chi connectivity index (χ0v) is 4.93. The van der Waals surface area contributed by atoms with Gasteiger partial charge in [-0.1, -0.05) is 0 Å². The number of hydrogen-bond acceptors (Lipinski definition) is 3. The van der Waals surface area contributed by atoms with E-state index >= 15 is 0 Å². The van der Waals surface area contributed by atoms with Gasteiger partial charge >= 0.3 is 0 Å². The van der Waals surface area contributed by atoms with Crippen LogP contribution < -0.4 is 5.73 Å². The largest absolute Gasteiger partial charge is 0.330 e. The van der Waals surface area contributed by atoms with Crippen LogP contribution in [0.3, 0.4) is 0 Å². The average Bonchev–Trinajstić information content (AvgIpc) is 1.62. The van der Waals surface area contributed by atoms with Gasteiger partial charge in [0, 0.05) is 6.54 Å². The van der Waals surface area contributed by atoms with Crippen LogP contribution in [-0.4, -0.2) is 32.5 Å². The summed E-state index contributed by atoms with van der Waals surface area (Å²) in [4.78, 5) is 0. The standard InChI is InChI=1S/C2H6BNO3S/c3-2(1-4)8(5,6)7/h2H,1,4H2,(H,5,6,7). The van der Waals surface area contributed by atoms with Crippen LogP contribution in [0.4, 0.5) is 0 Å². The highest BCUT2D eigenvalue weighted by atomic mass is 32.2. The van der Waals surface area contributed by atoms with Gasteiger partial charge in [-0.15, -0.1) is 0 Å². The Labute approximate surface area is 49.2 Å². The van der Waals surface area contributed by atoms with Crippen molar-refractivity contribution in [3.05, 3.63) is 0 Å². The van der Waals surface area contributed by atoms with Crippen molar-refractivity contribution in [2.45, 2.75) is 5.15 Å². The lowest BCUT2D eigenvalue weighted by Crippen LogP contribution is -2.29. The zero-order valence-electron chi connectivity index (χ0n) is 4.11. The molecule has 0 fully saturated rings. The average molecular weight is 135 g/mol. The summed E-state index contributed by atoms with van der Waals surface area (Å²) in [5, 5.41) is -1.34. The molecule has 46 valence electrons. The molecule has 0 amide bonds. The third-order valence-electron chi connectivity index (χ3n) is 0.615. The van der Waals surface area contributed by atoms with E-state index in [4.69, 9.17) is 18.1 Å². The monoisotopic (exact) mass is 135 g/mol. The summed E-state index contributed by atoms with van der Waals surface area (Å²) in [7, 11) is 0.687. The maximum absolute atomic E-state index is 9.91. The normalized spacial score (nSPS) is 15.8. The molecule has 0 spiro atoms. The molecule has 0 aromatic carbocycles. The van der Waals surface area contributed by atoms with Gasteiger partial charge in [0.1, 0.15) is 0 Å². The Balaban J connectivity index is 4.04. The lowest BCUT2D eigenvalue weighted by Gasteiger charge is -2.01. The highest BCUT2D eigenvalue weighted by molar-refractivity contribution is 7.87. The fourth-order valence-electron chi connectivity index (χ4n) is 0.122. The van der Waals surface area contributed by atoms with Gasteiger partial charge in [-0.05, 0) is 0 Å². The summed E-state index contributed by atoms with van der Waals surface area (Å²) < 4.78 is 27.9. The molecule has 0 aliphatic carbocycles. The minimum absolute atomic E-state index is 0.265. The lowest BCUT2D eigenvalue weighted by molar-refractivity contribution is 0.479. The van der Waals surface area contributed by atoms with E-state index in [-0.39, 0.29) is 6.54 Å². The van der Waals surface area contributed by atoms with E-state index in [1.54, 1.807) is 0 Å². The molecule has 0 heterocycles. The molecule has 0 bridgehead atoms. The van der Waals surface area contributed by atoms with Gasteiger partial charge in [0.05, 0.1) is 13.0 Å². The molecule has 0 aliphatic heterocycles. The van der Waals surface area contributed by atoms with E-state index in [0.717, 1.165) is 0 Å². The first-order chi connectivity index (χ1) is 3.48. The van der Waals surface area contributed by atoms with Crippen molar-refractivity contribution in [2.75, 3.05) is 6.54 Å². The Morgan fingerprint density at radius 3 is 2.12 bits per heavy atom. The fourth-order valence-corrected chi connectivity index (χ4v) is 0.365. The third-order valence-corrected chi connectivity index (χ3v) is 1.57. The minimum Gasteiger partial charge on any atom is -0.330 e. The van der Waals surface area contributed by atoms with Crippen LogP contribution in [0.1, 0.15) is 0 Å². The molecule has 8 heavy (non-hydrogen) atoms. The molecule has 0 saturated heterocycles. The van der Waals surface area contributed by atoms with Gasteiger partial charge in [0.25, 0.3) is 10.1 Å². The molecule has 3 N–H and O–H groups in total. The SMILES string of the molecule is [B]C(CN)S(=O)(=O)O. The van der Waals surface area contributed by atoms with Crippen molar-refractivity contribution in [3.63, 3.8) is 0 Å². The van der Waals surface area contributed by atoms with Gasteiger partial charge in [0.15, 0.2) is 0 Å². The Bertz CT molecular complexity index is 153. The van der Waals surface area contributed by atoms with Crippen molar-refractivity contribution in [1.82, 2.24) is 0 Å². The Morgan fingerprint density at radius 1 is 1.75 bits per heavy atom. The van der Waals surface area contributed by atoms with Gasteiger partial charge in [0.2, 0.25) is 0 Å². The number of rotatable bonds is 2. The molecular weight excluding hydrogens is 129 g/mol. The van der Waals surface area contributed by atoms with E-state index in [9.17, 15) is 8.42 Å². The molecule has 0 aliphatic rings. The van der Waals surface area contributed by atoms with Gasteiger partial charge in [-0.3, -0.25) is 4.55 Å². The molecule has 0 aromatic rings. The van der Waals surface area contributed by atoms with Gasteiger partial charge in [-0.25, -0.2) is 8.42 Å². The number of hydrogen-bond donors (Lipinski definition) is 2. The first-order valence-electron chi connectivity index (χ1n) is 1.90. The van der Waals surface area contributed by atoms with Crippen molar-refractivity contribution >= 4 is 18.0 Å². The Morgan fingerprint density at radius 2 is 2.12 bits per heavy atom. The van der Waals surface area contributed by atoms with Crippen molar-refractivity contribution < 1.29 is 13.0 Å². The number of nitrogens with two attached hydrogens (primary N) is 1. The first kappa shape index (κ1) is 7.93. The summed E-state index contributed by atoms with van der Waals surface area (Å²) in [5.41, 5.74) is 4.79. The molecular formula is C2H6BNO3S. The third kappa shape index (κ3) is 2.30. The smallest absolute Gasteiger partial charge is 0.260 e. The maximum Gasteiger partial charge on any atom is 0.260 e. The quantitative estimate of drug-likeness (QED) is 0.350. The summed E-state index contributed by atoms with van der Waals surface area (Å²) in [6, 6.07) is 0. The van der Waals surface area contributed by atoms with E-state index in [0.29, 0.717) is 0 Å². The summed E-state index contributed by atoms with van der Waals surface area (Å²) >= 11 is 0. The molecule has 0 saturated carbocycles. The van der Waals surface area contributed by atoms with Crippen molar-refractivity contribution in [3.8, 4) is 0 Å². The van der Waals surface area contributed by atoms with Gasteiger partial charge in [-0.2, -0.15) is 0 Å². The predicted molar refractivity (Wildman–Crippen MR) is 30.1 cm³/mol. The summed E-state index contributed by atoms with van der Waals surface area (Å²) in [6.07, 6.45) is 0. The second kappa shape index (κ2) is 2.47. The van der Waals surface area contributed by atoms with Crippen LogP contribution >= 0.6 is 0 Å². The minimum atomic E-state index is -4.10.